The maximum Gasteiger partial charge on any atom is 0.264 e. The van der Waals surface area contributed by atoms with Crippen molar-refractivity contribution in [1.82, 2.24) is 5.32 Å². The molecule has 0 unspecified atom stereocenters. The van der Waals surface area contributed by atoms with E-state index in [2.05, 4.69) is 10.6 Å². The smallest absolute Gasteiger partial charge is 0.264 e. The third kappa shape index (κ3) is 6.55. The van der Waals surface area contributed by atoms with Crippen molar-refractivity contribution in [1.29, 1.82) is 0 Å². The normalized spacial score (nSPS) is 11.1. The van der Waals surface area contributed by atoms with Crippen LogP contribution in [-0.2, 0) is 21.4 Å². The molecule has 1 heterocycles. The molecule has 0 spiro atoms. The number of furan rings is 1. The Morgan fingerprint density at radius 1 is 0.921 bits per heavy atom. The first-order valence-electron chi connectivity index (χ1n) is 11.4. The van der Waals surface area contributed by atoms with Crippen LogP contribution in [-0.4, -0.2) is 26.8 Å². The van der Waals surface area contributed by atoms with Crippen molar-refractivity contribution in [3.05, 3.63) is 112 Å². The van der Waals surface area contributed by atoms with E-state index in [-0.39, 0.29) is 38.4 Å². The van der Waals surface area contributed by atoms with Gasteiger partial charge in [-0.05, 0) is 61.5 Å². The highest BCUT2D eigenvalue weighted by molar-refractivity contribution is 7.92. The van der Waals surface area contributed by atoms with E-state index in [1.807, 2.05) is 6.92 Å². The van der Waals surface area contributed by atoms with Crippen LogP contribution in [0.1, 0.15) is 21.7 Å². The van der Waals surface area contributed by atoms with Gasteiger partial charge in [0.1, 0.15) is 12.3 Å². The molecule has 4 rings (SSSR count). The van der Waals surface area contributed by atoms with E-state index in [0.29, 0.717) is 5.76 Å². The summed E-state index contributed by atoms with van der Waals surface area (Å²) in [5.41, 5.74) is 1.40. The van der Waals surface area contributed by atoms with E-state index < -0.39 is 28.4 Å². The van der Waals surface area contributed by atoms with Crippen LogP contribution in [0.25, 0.3) is 0 Å². The third-order valence-electron chi connectivity index (χ3n) is 5.48. The molecule has 0 aliphatic heterocycles. The zero-order valence-corrected chi connectivity index (χ0v) is 22.5. The van der Waals surface area contributed by atoms with Gasteiger partial charge in [0.15, 0.2) is 0 Å². The summed E-state index contributed by atoms with van der Waals surface area (Å²) in [6.07, 6.45) is 1.50. The minimum atomic E-state index is -4.19. The van der Waals surface area contributed by atoms with Crippen LogP contribution in [0.2, 0.25) is 10.0 Å². The Bertz CT molecular complexity index is 1540. The van der Waals surface area contributed by atoms with E-state index in [9.17, 15) is 18.0 Å². The van der Waals surface area contributed by atoms with Crippen molar-refractivity contribution in [3.8, 4) is 0 Å². The second-order valence-electron chi connectivity index (χ2n) is 8.31. The molecule has 3 aromatic carbocycles. The molecule has 0 bridgehead atoms. The summed E-state index contributed by atoms with van der Waals surface area (Å²) in [6.45, 7) is 1.39. The molecule has 2 N–H and O–H groups in total. The average Bonchev–Trinajstić information content (AvgIpc) is 3.39. The summed E-state index contributed by atoms with van der Waals surface area (Å²) in [4.78, 5) is 26.0. The number of sulfonamides is 1. The van der Waals surface area contributed by atoms with Crippen molar-refractivity contribution < 1.29 is 22.4 Å². The first-order chi connectivity index (χ1) is 18.1. The second kappa shape index (κ2) is 11.7. The number of para-hydroxylation sites is 1. The fourth-order valence-corrected chi connectivity index (χ4v) is 5.54. The lowest BCUT2D eigenvalue weighted by molar-refractivity contribution is -0.114. The number of amides is 2. The Kier molecular flexibility index (Phi) is 8.41. The molecule has 2 amide bonds. The van der Waals surface area contributed by atoms with Gasteiger partial charge in [-0.3, -0.25) is 13.9 Å². The van der Waals surface area contributed by atoms with Gasteiger partial charge in [-0.25, -0.2) is 8.42 Å². The van der Waals surface area contributed by atoms with Gasteiger partial charge in [0, 0.05) is 10.0 Å². The SMILES string of the molecule is Cc1ccc(S(=O)(=O)N(CC(=O)Nc2ccccc2C(=O)NCc2ccco2)c2cc(Cl)cc(Cl)c2)cc1. The maximum absolute atomic E-state index is 13.6. The van der Waals surface area contributed by atoms with Gasteiger partial charge in [-0.2, -0.15) is 0 Å². The number of benzene rings is 3. The van der Waals surface area contributed by atoms with Gasteiger partial charge in [0.05, 0.1) is 34.6 Å². The van der Waals surface area contributed by atoms with Crippen LogP contribution in [0.15, 0.2) is 94.4 Å². The third-order valence-corrected chi connectivity index (χ3v) is 7.71. The largest absolute Gasteiger partial charge is 0.467 e. The molecule has 4 aromatic rings. The molecule has 196 valence electrons. The minimum Gasteiger partial charge on any atom is -0.467 e. The number of carbonyl (C=O) groups excluding carboxylic acids is 2. The fourth-order valence-electron chi connectivity index (χ4n) is 3.62. The molecule has 0 saturated heterocycles. The van der Waals surface area contributed by atoms with Gasteiger partial charge in [-0.15, -0.1) is 0 Å². The van der Waals surface area contributed by atoms with E-state index >= 15 is 0 Å². The summed E-state index contributed by atoms with van der Waals surface area (Å²) in [5.74, 6) is -0.553. The topological polar surface area (TPSA) is 109 Å². The Morgan fingerprint density at radius 2 is 1.61 bits per heavy atom. The number of nitrogens with zero attached hydrogens (tertiary/aromatic N) is 1. The molecular weight excluding hydrogens is 549 g/mol. The lowest BCUT2D eigenvalue weighted by Gasteiger charge is -2.25. The molecule has 8 nitrogen and oxygen atoms in total. The second-order valence-corrected chi connectivity index (χ2v) is 11.0. The summed E-state index contributed by atoms with van der Waals surface area (Å²) in [7, 11) is -4.19. The maximum atomic E-state index is 13.6. The number of carbonyl (C=O) groups is 2. The van der Waals surface area contributed by atoms with Crippen LogP contribution in [0.5, 0.6) is 0 Å². The van der Waals surface area contributed by atoms with E-state index in [1.54, 1.807) is 48.5 Å². The number of hydrogen-bond donors (Lipinski definition) is 2. The minimum absolute atomic E-state index is 0.00954. The number of nitrogens with one attached hydrogen (secondary N) is 2. The van der Waals surface area contributed by atoms with Crippen molar-refractivity contribution in [2.75, 3.05) is 16.2 Å². The Balaban J connectivity index is 1.60. The van der Waals surface area contributed by atoms with Crippen LogP contribution >= 0.6 is 23.2 Å². The molecule has 11 heteroatoms. The first-order valence-corrected chi connectivity index (χ1v) is 13.6. The number of anilines is 2. The van der Waals surface area contributed by atoms with E-state index in [0.717, 1.165) is 9.87 Å². The van der Waals surface area contributed by atoms with Crippen molar-refractivity contribution in [3.63, 3.8) is 0 Å². The van der Waals surface area contributed by atoms with Crippen LogP contribution in [0.4, 0.5) is 11.4 Å². The highest BCUT2D eigenvalue weighted by Crippen LogP contribution is 2.30. The van der Waals surface area contributed by atoms with Gasteiger partial charge < -0.3 is 15.1 Å². The number of halogens is 2. The van der Waals surface area contributed by atoms with E-state index in [1.165, 1.54) is 36.6 Å². The summed E-state index contributed by atoms with van der Waals surface area (Å²) in [6, 6.07) is 20.3. The molecule has 0 aliphatic rings. The number of rotatable bonds is 9. The Hall–Kier alpha value is -3.79. The zero-order chi connectivity index (χ0) is 27.3. The van der Waals surface area contributed by atoms with Gasteiger partial charge >= 0.3 is 0 Å². The monoisotopic (exact) mass is 571 g/mol. The molecular formula is C27H23Cl2N3O5S. The highest BCUT2D eigenvalue weighted by Gasteiger charge is 2.28. The average molecular weight is 572 g/mol. The molecule has 38 heavy (non-hydrogen) atoms. The molecule has 1 aromatic heterocycles. The predicted octanol–water partition coefficient (Wildman–Crippen LogP) is 5.66. The van der Waals surface area contributed by atoms with Crippen LogP contribution in [0.3, 0.4) is 0 Å². The van der Waals surface area contributed by atoms with Crippen molar-refractivity contribution >= 4 is 56.4 Å². The molecule has 0 saturated carbocycles. The van der Waals surface area contributed by atoms with Gasteiger partial charge in [0.25, 0.3) is 15.9 Å². The zero-order valence-electron chi connectivity index (χ0n) is 20.1. The van der Waals surface area contributed by atoms with Gasteiger partial charge in [-0.1, -0.05) is 53.0 Å². The first kappa shape index (κ1) is 27.3. The highest BCUT2D eigenvalue weighted by atomic mass is 35.5. The Morgan fingerprint density at radius 3 is 2.26 bits per heavy atom. The van der Waals surface area contributed by atoms with Gasteiger partial charge in [0.2, 0.25) is 5.91 Å². The predicted molar refractivity (Wildman–Crippen MR) is 147 cm³/mol. The molecule has 0 atom stereocenters. The fraction of sp³-hybridized carbons (Fsp3) is 0.111. The molecule has 0 radical (unpaired) electrons. The Labute approximate surface area is 230 Å². The van der Waals surface area contributed by atoms with E-state index in [4.69, 9.17) is 27.6 Å². The lowest BCUT2D eigenvalue weighted by Crippen LogP contribution is -2.38. The van der Waals surface area contributed by atoms with Crippen molar-refractivity contribution in [2.45, 2.75) is 18.4 Å². The summed E-state index contributed by atoms with van der Waals surface area (Å²) < 4.78 is 33.4. The van der Waals surface area contributed by atoms with Crippen LogP contribution < -0.4 is 14.9 Å². The summed E-state index contributed by atoms with van der Waals surface area (Å²) >= 11 is 12.3. The summed E-state index contributed by atoms with van der Waals surface area (Å²) in [5, 5.41) is 5.78. The quantitative estimate of drug-likeness (QED) is 0.269. The standard InChI is InChI=1S/C27H23Cl2N3O5S/c1-18-8-10-23(11-9-18)38(35,36)32(21-14-19(28)13-20(29)15-21)17-26(33)31-25-7-3-2-6-24(25)27(34)30-16-22-5-4-12-37-22/h2-15H,16-17H2,1H3,(H,30,34)(H,31,33). The van der Waals surface area contributed by atoms with Crippen LogP contribution in [0, 0.1) is 6.92 Å². The molecule has 0 aliphatic carbocycles. The van der Waals surface area contributed by atoms with Crippen molar-refractivity contribution in [2.24, 2.45) is 0 Å². The molecule has 0 fully saturated rings. The number of hydrogen-bond acceptors (Lipinski definition) is 5. The number of aryl methyl sites for hydroxylation is 1. The lowest BCUT2D eigenvalue weighted by atomic mass is 10.1.